The molecule has 1 amide bonds. The molecule has 2 unspecified atom stereocenters. The van der Waals surface area contributed by atoms with Crippen molar-refractivity contribution in [1.82, 2.24) is 19.3 Å². The molecule has 8 rings (SSSR count). The average Bonchev–Trinajstić information content (AvgIpc) is 3.36. The van der Waals surface area contributed by atoms with E-state index in [0.717, 1.165) is 89.1 Å². The third-order valence-corrected chi connectivity index (χ3v) is 11.9. The number of carbonyl (C=O) groups excluding carboxylic acids is 2. The summed E-state index contributed by atoms with van der Waals surface area (Å²) in [6.45, 7) is 12.9. The van der Waals surface area contributed by atoms with Gasteiger partial charge in [-0.15, -0.1) is 0 Å². The Balaban J connectivity index is 1.13. The van der Waals surface area contributed by atoms with Crippen LogP contribution in [0.3, 0.4) is 0 Å². The summed E-state index contributed by atoms with van der Waals surface area (Å²) >= 11 is 0. The van der Waals surface area contributed by atoms with Crippen LogP contribution in [0.2, 0.25) is 25.7 Å². The Morgan fingerprint density at radius 2 is 1.89 bits per heavy atom. The van der Waals surface area contributed by atoms with Crippen molar-refractivity contribution < 1.29 is 19.1 Å². The van der Waals surface area contributed by atoms with Gasteiger partial charge in [0.1, 0.15) is 18.2 Å². The number of nitrogens with zero attached hydrogens (tertiary/aromatic N) is 6. The van der Waals surface area contributed by atoms with Crippen LogP contribution in [0.1, 0.15) is 56.1 Å². The van der Waals surface area contributed by atoms with Crippen LogP contribution in [0, 0.1) is 18.8 Å². The molecule has 10 nitrogen and oxygen atoms in total. The number of esters is 1. The Hall–Kier alpha value is -4.09. The second kappa shape index (κ2) is 10.7. The molecule has 0 spiro atoms. The highest BCUT2D eigenvalue weighted by molar-refractivity contribution is 6.76. The van der Waals surface area contributed by atoms with Gasteiger partial charge < -0.3 is 18.9 Å². The summed E-state index contributed by atoms with van der Waals surface area (Å²) in [6.07, 6.45) is 4.66. The zero-order chi connectivity index (χ0) is 31.9. The molecule has 0 bridgehead atoms. The standard InChI is InChI=1S/C35H40N6O4Si/c1-20-25-7-8-29(32(25)38-41(20)19-45-10-11-46(3,4)5)36-34(42)28-18-40-15-21-6-9-30(39-16-23-12-24(23)17-39)37-31(21)27-14-22(35(43)44-2)13-26(28)33(27)40/h6,9,13-14,18,23-24H,7-8,10-12,15-17,19H2,1-5H3/b36-29-. The van der Waals surface area contributed by atoms with Crippen molar-refractivity contribution in [2.45, 2.75) is 65.1 Å². The number of piperidine rings is 1. The van der Waals surface area contributed by atoms with E-state index in [4.69, 9.17) is 19.6 Å². The van der Waals surface area contributed by atoms with E-state index in [1.54, 1.807) is 6.07 Å². The molecule has 2 atom stereocenters. The van der Waals surface area contributed by atoms with Crippen molar-refractivity contribution in [1.29, 1.82) is 0 Å². The van der Waals surface area contributed by atoms with Crippen molar-refractivity contribution in [3.63, 3.8) is 0 Å². The quantitative estimate of drug-likeness (QED) is 0.122. The predicted molar refractivity (Wildman–Crippen MR) is 180 cm³/mol. The minimum Gasteiger partial charge on any atom is -0.465 e. The summed E-state index contributed by atoms with van der Waals surface area (Å²) in [4.78, 5) is 39.0. The molecular weight excluding hydrogens is 597 g/mol. The van der Waals surface area contributed by atoms with Gasteiger partial charge in [0.2, 0.25) is 0 Å². The zero-order valence-corrected chi connectivity index (χ0v) is 28.2. The van der Waals surface area contributed by atoms with Gasteiger partial charge in [-0.3, -0.25) is 4.79 Å². The number of aromatic nitrogens is 4. The minimum absolute atomic E-state index is 0.339. The molecule has 46 heavy (non-hydrogen) atoms. The van der Waals surface area contributed by atoms with Gasteiger partial charge in [0, 0.05) is 62.7 Å². The van der Waals surface area contributed by atoms with Crippen LogP contribution >= 0.6 is 0 Å². The van der Waals surface area contributed by atoms with Crippen molar-refractivity contribution >= 4 is 42.4 Å². The number of pyridine rings is 1. The molecule has 0 radical (unpaired) electrons. The molecule has 2 fully saturated rings. The lowest BCUT2D eigenvalue weighted by molar-refractivity contribution is 0.0600. The maximum Gasteiger partial charge on any atom is 0.337 e. The van der Waals surface area contributed by atoms with E-state index in [0.29, 0.717) is 41.9 Å². The molecular formula is C35H40N6O4Si. The highest BCUT2D eigenvalue weighted by Gasteiger charge is 2.45. The summed E-state index contributed by atoms with van der Waals surface area (Å²) in [7, 11) is 0.199. The number of rotatable bonds is 8. The lowest BCUT2D eigenvalue weighted by atomic mass is 9.96. The third kappa shape index (κ3) is 5.00. The fourth-order valence-corrected chi connectivity index (χ4v) is 8.11. The largest absolute Gasteiger partial charge is 0.465 e. The van der Waals surface area contributed by atoms with Crippen molar-refractivity contribution in [3.8, 4) is 11.3 Å². The van der Waals surface area contributed by atoms with E-state index in [1.165, 1.54) is 13.5 Å². The molecule has 238 valence electrons. The van der Waals surface area contributed by atoms with Gasteiger partial charge >= 0.3 is 5.97 Å². The van der Waals surface area contributed by atoms with Gasteiger partial charge in [0.25, 0.3) is 5.91 Å². The third-order valence-electron chi connectivity index (χ3n) is 10.1. The van der Waals surface area contributed by atoms with Crippen LogP contribution in [-0.4, -0.2) is 71.8 Å². The van der Waals surface area contributed by atoms with Gasteiger partial charge in [0.15, 0.2) is 0 Å². The Morgan fingerprint density at radius 1 is 1.09 bits per heavy atom. The van der Waals surface area contributed by atoms with Gasteiger partial charge in [0.05, 0.1) is 35.2 Å². The lowest BCUT2D eigenvalue weighted by Crippen LogP contribution is -2.23. The van der Waals surface area contributed by atoms with Crippen LogP contribution in [0.25, 0.3) is 22.2 Å². The number of hydrogen-bond donors (Lipinski definition) is 0. The number of methoxy groups -OCH3 is 1. The van der Waals surface area contributed by atoms with Gasteiger partial charge in [-0.25, -0.2) is 19.5 Å². The first-order chi connectivity index (χ1) is 22.1. The van der Waals surface area contributed by atoms with E-state index in [2.05, 4.69) is 53.2 Å². The summed E-state index contributed by atoms with van der Waals surface area (Å²) < 4.78 is 15.1. The fourth-order valence-electron chi connectivity index (χ4n) is 7.36. The Labute approximate surface area is 269 Å². The van der Waals surface area contributed by atoms with Crippen molar-refractivity contribution in [2.75, 3.05) is 31.7 Å². The molecule has 2 aliphatic carbocycles. The van der Waals surface area contributed by atoms with E-state index >= 15 is 0 Å². The first kappa shape index (κ1) is 29.3. The molecule has 5 heterocycles. The summed E-state index contributed by atoms with van der Waals surface area (Å²) in [5.41, 5.74) is 8.16. The number of ether oxygens (including phenoxy) is 2. The van der Waals surface area contributed by atoms with Gasteiger partial charge in [-0.2, -0.15) is 5.10 Å². The monoisotopic (exact) mass is 636 g/mol. The normalized spacial score (nSPS) is 20.3. The van der Waals surface area contributed by atoms with Crippen LogP contribution in [0.15, 0.2) is 35.5 Å². The molecule has 2 aliphatic heterocycles. The van der Waals surface area contributed by atoms with E-state index in [1.807, 2.05) is 16.9 Å². The van der Waals surface area contributed by atoms with Gasteiger partial charge in [-0.1, -0.05) is 25.7 Å². The highest BCUT2D eigenvalue weighted by Crippen LogP contribution is 2.47. The fraction of sp³-hybridized carbons (Fsp3) is 0.457. The topological polar surface area (TPSA) is 104 Å². The highest BCUT2D eigenvalue weighted by atomic mass is 28.3. The minimum atomic E-state index is -1.18. The second-order valence-electron chi connectivity index (χ2n) is 14.5. The lowest BCUT2D eigenvalue weighted by Gasteiger charge is -2.24. The number of anilines is 1. The number of carbonyl (C=O) groups is 2. The first-order valence-electron chi connectivity index (χ1n) is 16.3. The number of hydrogen-bond acceptors (Lipinski definition) is 7. The van der Waals surface area contributed by atoms with Crippen LogP contribution < -0.4 is 4.90 Å². The smallest absolute Gasteiger partial charge is 0.337 e. The SMILES string of the molecule is COC(=O)c1cc2c3c(c1)c(C(=O)/N=C1/CCc4c1nn(COCC[Si](C)(C)C)c4C)cn3Cc1ccc(N3CC4CC4C3)nc1-2. The number of fused-ring (bicyclic) bond motifs is 4. The number of aliphatic imine (C=N–C) groups is 1. The first-order valence-corrected chi connectivity index (χ1v) is 20.1. The molecule has 0 N–H and O–H groups in total. The van der Waals surface area contributed by atoms with E-state index in [-0.39, 0.29) is 5.91 Å². The molecule has 4 aliphatic rings. The van der Waals surface area contributed by atoms with E-state index < -0.39 is 14.0 Å². The van der Waals surface area contributed by atoms with E-state index in [9.17, 15) is 9.59 Å². The molecule has 1 aromatic carbocycles. The maximum absolute atomic E-state index is 14.0. The van der Waals surface area contributed by atoms with Crippen molar-refractivity contribution in [2.24, 2.45) is 16.8 Å². The zero-order valence-electron chi connectivity index (χ0n) is 27.2. The summed E-state index contributed by atoms with van der Waals surface area (Å²) in [5, 5.41) is 5.51. The molecule has 1 saturated carbocycles. The Bertz CT molecular complexity index is 1960. The van der Waals surface area contributed by atoms with Gasteiger partial charge in [-0.05, 0) is 67.8 Å². The Morgan fingerprint density at radius 3 is 2.65 bits per heavy atom. The maximum atomic E-state index is 14.0. The number of amides is 1. The second-order valence-corrected chi connectivity index (χ2v) is 20.2. The molecule has 1 saturated heterocycles. The summed E-state index contributed by atoms with van der Waals surface area (Å²) in [5.74, 6) is 1.77. The molecule has 11 heteroatoms. The molecule has 4 aromatic rings. The average molecular weight is 637 g/mol. The van der Waals surface area contributed by atoms with Crippen LogP contribution in [0.4, 0.5) is 5.82 Å². The number of benzene rings is 1. The Kier molecular flexibility index (Phi) is 6.84. The summed E-state index contributed by atoms with van der Waals surface area (Å²) in [6, 6.07) is 8.95. The van der Waals surface area contributed by atoms with Crippen LogP contribution in [-0.2, 0) is 29.2 Å². The molecule has 3 aromatic heterocycles. The van der Waals surface area contributed by atoms with Crippen LogP contribution in [0.5, 0.6) is 0 Å². The van der Waals surface area contributed by atoms with Crippen molar-refractivity contribution in [3.05, 3.63) is 64.1 Å². The predicted octanol–water partition coefficient (Wildman–Crippen LogP) is 5.70.